The van der Waals surface area contributed by atoms with E-state index in [9.17, 15) is 5.11 Å². The van der Waals surface area contributed by atoms with Crippen LogP contribution in [0.3, 0.4) is 0 Å². The van der Waals surface area contributed by atoms with E-state index >= 15 is 0 Å². The second-order valence-electron chi connectivity index (χ2n) is 5.07. The molecule has 0 spiro atoms. The highest BCUT2D eigenvalue weighted by Gasteiger charge is 2.27. The standard InChI is InChI=1S/C14H20OS/c1-9-6-10(2)8-12(7-9)14(15)13-4-5-16-11(13)3/h4-6,9,12,14-15H,7-8H2,1-3H3. The van der Waals surface area contributed by atoms with E-state index < -0.39 is 0 Å². The van der Waals surface area contributed by atoms with Gasteiger partial charge in [-0.15, -0.1) is 11.3 Å². The first-order valence-corrected chi connectivity index (χ1v) is 6.85. The largest absolute Gasteiger partial charge is 0.388 e. The molecule has 0 saturated carbocycles. The van der Waals surface area contributed by atoms with E-state index in [1.54, 1.807) is 11.3 Å². The lowest BCUT2D eigenvalue weighted by Gasteiger charge is -2.29. The molecule has 1 aromatic heterocycles. The summed E-state index contributed by atoms with van der Waals surface area (Å²) in [5.74, 6) is 1.00. The van der Waals surface area contributed by atoms with E-state index in [2.05, 4.69) is 38.3 Å². The first kappa shape index (κ1) is 11.9. The van der Waals surface area contributed by atoms with Crippen LogP contribution in [0.4, 0.5) is 0 Å². The van der Waals surface area contributed by atoms with Crippen LogP contribution in [0.1, 0.15) is 43.2 Å². The van der Waals surface area contributed by atoms with Crippen LogP contribution in [0, 0.1) is 18.8 Å². The van der Waals surface area contributed by atoms with Crippen molar-refractivity contribution in [2.24, 2.45) is 11.8 Å². The molecule has 3 unspecified atom stereocenters. The van der Waals surface area contributed by atoms with Crippen molar-refractivity contribution in [2.45, 2.75) is 39.7 Å². The molecule has 0 fully saturated rings. The molecule has 88 valence electrons. The summed E-state index contributed by atoms with van der Waals surface area (Å²) in [7, 11) is 0. The third-order valence-electron chi connectivity index (χ3n) is 3.49. The lowest BCUT2D eigenvalue weighted by atomic mass is 9.79. The molecule has 0 amide bonds. The van der Waals surface area contributed by atoms with Crippen molar-refractivity contribution in [3.05, 3.63) is 33.5 Å². The van der Waals surface area contributed by atoms with E-state index in [1.807, 2.05) is 0 Å². The Bertz CT molecular complexity index is 391. The van der Waals surface area contributed by atoms with Gasteiger partial charge < -0.3 is 5.11 Å². The quantitative estimate of drug-likeness (QED) is 0.767. The third kappa shape index (κ3) is 2.38. The van der Waals surface area contributed by atoms with Crippen LogP contribution in [-0.4, -0.2) is 5.11 Å². The highest BCUT2D eigenvalue weighted by atomic mass is 32.1. The van der Waals surface area contributed by atoms with Gasteiger partial charge in [-0.25, -0.2) is 0 Å². The lowest BCUT2D eigenvalue weighted by molar-refractivity contribution is 0.0931. The van der Waals surface area contributed by atoms with Crippen molar-refractivity contribution in [2.75, 3.05) is 0 Å². The Morgan fingerprint density at radius 2 is 2.19 bits per heavy atom. The predicted octanol–water partition coefficient (Wildman–Crippen LogP) is 4.08. The van der Waals surface area contributed by atoms with Gasteiger partial charge >= 0.3 is 0 Å². The highest BCUT2D eigenvalue weighted by Crippen LogP contribution is 2.38. The predicted molar refractivity (Wildman–Crippen MR) is 69.7 cm³/mol. The van der Waals surface area contributed by atoms with Gasteiger partial charge in [-0.05, 0) is 55.5 Å². The maximum absolute atomic E-state index is 10.4. The molecule has 1 aliphatic carbocycles. The minimum atomic E-state index is -0.280. The van der Waals surface area contributed by atoms with Gasteiger partial charge in [-0.1, -0.05) is 18.6 Å². The summed E-state index contributed by atoms with van der Waals surface area (Å²) >= 11 is 1.72. The van der Waals surface area contributed by atoms with Crippen LogP contribution >= 0.6 is 11.3 Å². The maximum atomic E-state index is 10.4. The van der Waals surface area contributed by atoms with Gasteiger partial charge in [-0.3, -0.25) is 0 Å². The average Bonchev–Trinajstić information content (AvgIpc) is 2.62. The van der Waals surface area contributed by atoms with E-state index in [1.165, 1.54) is 10.5 Å². The molecule has 0 saturated heterocycles. The van der Waals surface area contributed by atoms with Gasteiger partial charge in [0.25, 0.3) is 0 Å². The Morgan fingerprint density at radius 3 is 2.75 bits per heavy atom. The summed E-state index contributed by atoms with van der Waals surface area (Å²) in [4.78, 5) is 1.26. The zero-order valence-electron chi connectivity index (χ0n) is 10.2. The Balaban J connectivity index is 2.15. The molecule has 2 rings (SSSR count). The molecule has 0 bridgehead atoms. The molecule has 3 atom stereocenters. The molecule has 2 heteroatoms. The first-order valence-electron chi connectivity index (χ1n) is 5.97. The van der Waals surface area contributed by atoms with E-state index in [0.717, 1.165) is 18.4 Å². The molecule has 1 nitrogen and oxygen atoms in total. The van der Waals surface area contributed by atoms with Gasteiger partial charge in [0.2, 0.25) is 0 Å². The number of hydrogen-bond donors (Lipinski definition) is 1. The van der Waals surface area contributed by atoms with Crippen molar-refractivity contribution in [3.63, 3.8) is 0 Å². The lowest BCUT2D eigenvalue weighted by Crippen LogP contribution is -2.19. The first-order chi connectivity index (χ1) is 7.58. The number of aryl methyl sites for hydroxylation is 1. The molecule has 0 aromatic carbocycles. The zero-order valence-corrected chi connectivity index (χ0v) is 11.1. The molecule has 1 heterocycles. The fraction of sp³-hybridized carbons (Fsp3) is 0.571. The molecule has 1 N–H and O–H groups in total. The second kappa shape index (κ2) is 4.72. The minimum absolute atomic E-state index is 0.280. The van der Waals surface area contributed by atoms with E-state index in [4.69, 9.17) is 0 Å². The Kier molecular flexibility index (Phi) is 3.50. The number of hydrogen-bond acceptors (Lipinski definition) is 2. The number of rotatable bonds is 2. The number of allylic oxidation sites excluding steroid dienone is 2. The van der Waals surface area contributed by atoms with Gasteiger partial charge in [-0.2, -0.15) is 0 Å². The van der Waals surface area contributed by atoms with Crippen molar-refractivity contribution in [3.8, 4) is 0 Å². The monoisotopic (exact) mass is 236 g/mol. The van der Waals surface area contributed by atoms with E-state index in [-0.39, 0.29) is 6.10 Å². The van der Waals surface area contributed by atoms with Crippen LogP contribution in [0.15, 0.2) is 23.1 Å². The van der Waals surface area contributed by atoms with Crippen LogP contribution in [0.5, 0.6) is 0 Å². The van der Waals surface area contributed by atoms with Crippen LogP contribution in [-0.2, 0) is 0 Å². The van der Waals surface area contributed by atoms with Crippen LogP contribution in [0.25, 0.3) is 0 Å². The van der Waals surface area contributed by atoms with Crippen LogP contribution in [0.2, 0.25) is 0 Å². The minimum Gasteiger partial charge on any atom is -0.388 e. The molecule has 1 aliphatic rings. The summed E-state index contributed by atoms with van der Waals surface area (Å²) in [6, 6.07) is 2.07. The number of thiophene rings is 1. The zero-order chi connectivity index (χ0) is 11.7. The fourth-order valence-electron chi connectivity index (χ4n) is 2.79. The molecule has 1 aromatic rings. The highest BCUT2D eigenvalue weighted by molar-refractivity contribution is 7.10. The summed E-state index contributed by atoms with van der Waals surface area (Å²) in [6.45, 7) is 6.51. The Morgan fingerprint density at radius 1 is 1.44 bits per heavy atom. The smallest absolute Gasteiger partial charge is 0.0832 e. The topological polar surface area (TPSA) is 20.2 Å². The fourth-order valence-corrected chi connectivity index (χ4v) is 3.54. The van der Waals surface area contributed by atoms with Gasteiger partial charge in [0, 0.05) is 4.88 Å². The molecule has 0 aliphatic heterocycles. The molecular weight excluding hydrogens is 216 g/mol. The van der Waals surface area contributed by atoms with Gasteiger partial charge in [0.15, 0.2) is 0 Å². The van der Waals surface area contributed by atoms with Gasteiger partial charge in [0.1, 0.15) is 0 Å². The third-order valence-corrected chi connectivity index (χ3v) is 4.35. The van der Waals surface area contributed by atoms with Crippen molar-refractivity contribution in [1.29, 1.82) is 0 Å². The van der Waals surface area contributed by atoms with Crippen molar-refractivity contribution >= 4 is 11.3 Å². The van der Waals surface area contributed by atoms with Crippen LogP contribution < -0.4 is 0 Å². The summed E-state index contributed by atoms with van der Waals surface area (Å²) in [5.41, 5.74) is 2.56. The Labute approximate surface area is 102 Å². The summed E-state index contributed by atoms with van der Waals surface area (Å²) in [5, 5.41) is 12.5. The van der Waals surface area contributed by atoms with Crippen molar-refractivity contribution in [1.82, 2.24) is 0 Å². The Hall–Kier alpha value is -0.600. The molecule has 0 radical (unpaired) electrons. The van der Waals surface area contributed by atoms with Crippen molar-refractivity contribution < 1.29 is 5.11 Å². The number of aliphatic hydroxyl groups excluding tert-OH is 1. The maximum Gasteiger partial charge on any atom is 0.0832 e. The number of aliphatic hydroxyl groups is 1. The average molecular weight is 236 g/mol. The van der Waals surface area contributed by atoms with E-state index in [0.29, 0.717) is 11.8 Å². The molecular formula is C14H20OS. The molecule has 16 heavy (non-hydrogen) atoms. The normalized spacial score (nSPS) is 27.6. The SMILES string of the molecule is CC1=CC(C)CC(C(O)c2ccsc2C)C1. The second-order valence-corrected chi connectivity index (χ2v) is 6.19. The van der Waals surface area contributed by atoms with Gasteiger partial charge in [0.05, 0.1) is 6.10 Å². The summed E-state index contributed by atoms with van der Waals surface area (Å²) < 4.78 is 0. The summed E-state index contributed by atoms with van der Waals surface area (Å²) in [6.07, 6.45) is 4.20.